The van der Waals surface area contributed by atoms with Crippen LogP contribution in [-0.2, 0) is 15.1 Å². The summed E-state index contributed by atoms with van der Waals surface area (Å²) in [5.74, 6) is 0.321. The van der Waals surface area contributed by atoms with Crippen molar-refractivity contribution in [2.45, 2.75) is 57.3 Å². The summed E-state index contributed by atoms with van der Waals surface area (Å²) in [7, 11) is 0. The largest absolute Gasteiger partial charge is 0.525 e. The fraction of sp³-hybridized carbons (Fsp3) is 0.346. The second-order valence-corrected chi connectivity index (χ2v) is 9.81. The van der Waals surface area contributed by atoms with Gasteiger partial charge in [0.05, 0.1) is 17.1 Å². The van der Waals surface area contributed by atoms with Gasteiger partial charge in [-0.1, -0.05) is 18.2 Å². The Morgan fingerprint density at radius 1 is 1.08 bits per heavy atom. The highest BCUT2D eigenvalue weighted by Gasteiger charge is 2.47. The van der Waals surface area contributed by atoms with Crippen molar-refractivity contribution in [3.8, 4) is 16.9 Å². The highest BCUT2D eigenvalue weighted by atomic mass is 19.4. The van der Waals surface area contributed by atoms with Crippen LogP contribution in [0.3, 0.4) is 0 Å². The van der Waals surface area contributed by atoms with Gasteiger partial charge in [-0.25, -0.2) is 15.0 Å². The first-order chi connectivity index (χ1) is 18.4. The number of imidazole rings is 1. The van der Waals surface area contributed by atoms with Gasteiger partial charge in [-0.15, -0.1) is 13.2 Å². The van der Waals surface area contributed by atoms with Crippen molar-refractivity contribution in [1.82, 2.24) is 19.5 Å². The second-order valence-electron chi connectivity index (χ2n) is 9.81. The van der Waals surface area contributed by atoms with Crippen molar-refractivity contribution in [3.05, 3.63) is 71.6 Å². The van der Waals surface area contributed by atoms with Crippen LogP contribution in [-0.4, -0.2) is 37.6 Å². The molecule has 13 heteroatoms. The molecule has 2 aromatic carbocycles. The van der Waals surface area contributed by atoms with Gasteiger partial charge in [0.1, 0.15) is 23.3 Å². The molecule has 3 atom stereocenters. The van der Waals surface area contributed by atoms with Gasteiger partial charge >= 0.3 is 13.0 Å². The number of alkyl halides is 5. The van der Waals surface area contributed by atoms with E-state index in [4.69, 9.17) is 9.47 Å². The zero-order valence-corrected chi connectivity index (χ0v) is 20.5. The molecule has 2 bridgehead atoms. The lowest BCUT2D eigenvalue weighted by Crippen LogP contribution is -2.23. The third kappa shape index (κ3) is 4.60. The van der Waals surface area contributed by atoms with Crippen LogP contribution in [0.25, 0.3) is 22.2 Å². The van der Waals surface area contributed by atoms with Gasteiger partial charge in [-0.2, -0.15) is 8.78 Å². The van der Waals surface area contributed by atoms with Crippen molar-refractivity contribution < 1.29 is 41.3 Å². The van der Waals surface area contributed by atoms with E-state index in [-0.39, 0.29) is 29.1 Å². The first kappa shape index (κ1) is 25.6. The molecule has 0 saturated carbocycles. The number of fused-ring (bicyclic) bond motifs is 9. The summed E-state index contributed by atoms with van der Waals surface area (Å²) in [6, 6.07) is 8.55. The fourth-order valence-corrected chi connectivity index (χ4v) is 5.17. The number of hydrogen-bond acceptors (Lipinski definition) is 7. The van der Waals surface area contributed by atoms with Crippen LogP contribution in [0.5, 0.6) is 5.75 Å². The monoisotopic (exact) mass is 548 g/mol. The molecule has 6 rings (SSSR count). The number of ether oxygens (including phenoxy) is 3. The molecular weight excluding hydrogens is 527 g/mol. The van der Waals surface area contributed by atoms with Crippen molar-refractivity contribution >= 4 is 11.0 Å². The SMILES string of the molecule is CC(C)(O)c1ncc(-c2ccc3nc4n(c3c2)[C@@H]2C[C@H]4O[C@@H](OC(F)(F)F)c3cccc(OC(F)F)c32)cn1. The molecule has 0 saturated heterocycles. The van der Waals surface area contributed by atoms with Gasteiger partial charge in [0, 0.05) is 35.5 Å². The van der Waals surface area contributed by atoms with E-state index in [9.17, 15) is 27.1 Å². The summed E-state index contributed by atoms with van der Waals surface area (Å²) in [4.78, 5) is 13.1. The second kappa shape index (κ2) is 8.93. The fourth-order valence-electron chi connectivity index (χ4n) is 5.17. The van der Waals surface area contributed by atoms with Crippen LogP contribution in [0.15, 0.2) is 48.8 Å². The van der Waals surface area contributed by atoms with Crippen molar-refractivity contribution in [1.29, 1.82) is 0 Å². The standard InChI is InChI=1S/C26H21F5N4O4/c1-25(2,36)23-32-10-13(11-33-23)12-6-7-15-16(8-12)35-17-9-19(21(35)34-15)37-22(39-26(29,30)31)14-4-3-5-18(20(14)17)38-24(27)28/h3-8,10-11,17,19,22,24,36H,9H2,1-2H3/t17-,19-,22+/m1/s1. The maximum atomic E-state index is 13.3. The van der Waals surface area contributed by atoms with Gasteiger partial charge in [0.25, 0.3) is 0 Å². The van der Waals surface area contributed by atoms with Gasteiger partial charge in [-0.3, -0.25) is 4.74 Å². The van der Waals surface area contributed by atoms with E-state index in [0.29, 0.717) is 28.0 Å². The van der Waals surface area contributed by atoms with Crippen LogP contribution in [0.1, 0.15) is 61.5 Å². The third-order valence-corrected chi connectivity index (χ3v) is 6.72. The Balaban J connectivity index is 1.49. The normalized spacial score (nSPS) is 20.7. The molecular formula is C26H21F5N4O4. The molecule has 2 aliphatic rings. The van der Waals surface area contributed by atoms with Crippen LogP contribution in [0, 0.1) is 0 Å². The summed E-state index contributed by atoms with van der Waals surface area (Å²) in [5.41, 5.74) is 1.33. The molecule has 39 heavy (non-hydrogen) atoms. The molecule has 0 spiro atoms. The van der Waals surface area contributed by atoms with E-state index < -0.39 is 37.0 Å². The molecule has 204 valence electrons. The molecule has 0 fully saturated rings. The van der Waals surface area contributed by atoms with Crippen LogP contribution < -0.4 is 4.74 Å². The molecule has 2 aliphatic heterocycles. The highest BCUT2D eigenvalue weighted by Crippen LogP contribution is 2.53. The number of aliphatic hydroxyl groups is 1. The average Bonchev–Trinajstić information content (AvgIpc) is 3.33. The van der Waals surface area contributed by atoms with E-state index in [1.807, 2.05) is 6.07 Å². The Morgan fingerprint density at radius 2 is 1.82 bits per heavy atom. The Hall–Kier alpha value is -3.68. The third-order valence-electron chi connectivity index (χ3n) is 6.72. The Kier molecular flexibility index (Phi) is 5.86. The van der Waals surface area contributed by atoms with E-state index in [0.717, 1.165) is 0 Å². The zero-order chi connectivity index (χ0) is 27.7. The number of halogens is 5. The van der Waals surface area contributed by atoms with Crippen molar-refractivity contribution in [3.63, 3.8) is 0 Å². The number of benzene rings is 2. The minimum Gasteiger partial charge on any atom is -0.434 e. The predicted octanol–water partition coefficient (Wildman–Crippen LogP) is 5.92. The first-order valence-electron chi connectivity index (χ1n) is 11.9. The van der Waals surface area contributed by atoms with Crippen LogP contribution >= 0.6 is 0 Å². The lowest BCUT2D eigenvalue weighted by molar-refractivity contribution is -0.387. The van der Waals surface area contributed by atoms with Crippen LogP contribution in [0.2, 0.25) is 0 Å². The molecule has 0 unspecified atom stereocenters. The lowest BCUT2D eigenvalue weighted by Gasteiger charge is -2.26. The molecule has 8 nitrogen and oxygen atoms in total. The minimum absolute atomic E-state index is 0.0581. The molecule has 1 N–H and O–H groups in total. The molecule has 0 radical (unpaired) electrons. The van der Waals surface area contributed by atoms with E-state index >= 15 is 0 Å². The summed E-state index contributed by atoms with van der Waals surface area (Å²) in [6.07, 6.45) is -4.56. The Labute approximate surface area is 218 Å². The molecule has 0 amide bonds. The number of nitrogens with zero attached hydrogens (tertiary/aromatic N) is 4. The average molecular weight is 548 g/mol. The minimum atomic E-state index is -5.04. The molecule has 4 heterocycles. The van der Waals surface area contributed by atoms with Gasteiger partial charge in [0.2, 0.25) is 0 Å². The first-order valence-corrected chi connectivity index (χ1v) is 11.9. The lowest BCUT2D eigenvalue weighted by atomic mass is 9.97. The van der Waals surface area contributed by atoms with E-state index in [1.54, 1.807) is 42.9 Å². The smallest absolute Gasteiger partial charge is 0.434 e. The number of hydrogen-bond donors (Lipinski definition) is 1. The van der Waals surface area contributed by atoms with Crippen molar-refractivity contribution in [2.75, 3.05) is 0 Å². The quantitative estimate of drug-likeness (QED) is 0.310. The van der Waals surface area contributed by atoms with E-state index in [2.05, 4.69) is 19.7 Å². The topological polar surface area (TPSA) is 91.5 Å². The van der Waals surface area contributed by atoms with Crippen LogP contribution in [0.4, 0.5) is 22.0 Å². The summed E-state index contributed by atoms with van der Waals surface area (Å²) < 4.78 is 83.0. The predicted molar refractivity (Wildman–Crippen MR) is 126 cm³/mol. The van der Waals surface area contributed by atoms with Gasteiger partial charge < -0.3 is 19.1 Å². The summed E-state index contributed by atoms with van der Waals surface area (Å²) in [5, 5.41) is 10.1. The number of aromatic nitrogens is 4. The molecule has 0 aliphatic carbocycles. The van der Waals surface area contributed by atoms with Crippen molar-refractivity contribution in [2.24, 2.45) is 0 Å². The van der Waals surface area contributed by atoms with E-state index in [1.165, 1.54) is 18.2 Å². The maximum Gasteiger partial charge on any atom is 0.525 e. The Bertz CT molecular complexity index is 1550. The van der Waals surface area contributed by atoms with Gasteiger partial charge in [-0.05, 0) is 37.6 Å². The Morgan fingerprint density at radius 3 is 2.49 bits per heavy atom. The zero-order valence-electron chi connectivity index (χ0n) is 20.5. The molecule has 4 aromatic rings. The maximum absolute atomic E-state index is 13.3. The number of rotatable bonds is 5. The summed E-state index contributed by atoms with van der Waals surface area (Å²) >= 11 is 0. The van der Waals surface area contributed by atoms with Gasteiger partial charge in [0.15, 0.2) is 12.1 Å². The molecule has 2 aromatic heterocycles. The highest BCUT2D eigenvalue weighted by molar-refractivity contribution is 5.83. The summed E-state index contributed by atoms with van der Waals surface area (Å²) in [6.45, 7) is -0.0571.